The van der Waals surface area contributed by atoms with Crippen molar-refractivity contribution >= 4 is 5.69 Å². The summed E-state index contributed by atoms with van der Waals surface area (Å²) in [7, 11) is 0. The summed E-state index contributed by atoms with van der Waals surface area (Å²) in [5.74, 6) is 0.953. The average molecular weight is 243 g/mol. The zero-order valence-corrected chi connectivity index (χ0v) is 10.3. The van der Waals surface area contributed by atoms with E-state index < -0.39 is 0 Å². The number of hydrogen-bond acceptors (Lipinski definition) is 3. The third-order valence-electron chi connectivity index (χ3n) is 3.52. The van der Waals surface area contributed by atoms with Gasteiger partial charge in [0.05, 0.1) is 12.3 Å². The fraction of sp³-hybridized carbons (Fsp3) is 0.357. The smallest absolute Gasteiger partial charge is 0.140 e. The second-order valence-electron chi connectivity index (χ2n) is 4.72. The van der Waals surface area contributed by atoms with Crippen LogP contribution in [-0.4, -0.2) is 14.7 Å². The summed E-state index contributed by atoms with van der Waals surface area (Å²) in [6.45, 7) is 1.01. The number of anilines is 1. The predicted molar refractivity (Wildman–Crippen MR) is 70.9 cm³/mol. The van der Waals surface area contributed by atoms with Gasteiger partial charge in [-0.05, 0) is 43.5 Å². The van der Waals surface area contributed by atoms with Crippen LogP contribution in [0, 0.1) is 0 Å². The molecule has 0 saturated heterocycles. The minimum Gasteiger partial charge on any atom is -0.399 e. The van der Waals surface area contributed by atoms with Gasteiger partial charge in [0.2, 0.25) is 0 Å². The fourth-order valence-corrected chi connectivity index (χ4v) is 2.60. The lowest BCUT2D eigenvalue weighted by atomic mass is 10.1. The molecule has 0 atom stereocenters. The second-order valence-corrected chi connectivity index (χ2v) is 4.72. The normalized spacial score (nSPS) is 14.5. The lowest BCUT2D eigenvalue weighted by Gasteiger charge is -2.17. The molecular formula is C14H17N3O. The van der Waals surface area contributed by atoms with Gasteiger partial charge >= 0.3 is 0 Å². The van der Waals surface area contributed by atoms with Gasteiger partial charge in [0, 0.05) is 23.5 Å². The van der Waals surface area contributed by atoms with Crippen LogP contribution in [0.25, 0.3) is 11.4 Å². The maximum absolute atomic E-state index is 9.40. The molecule has 3 N–H and O–H groups in total. The quantitative estimate of drug-likeness (QED) is 0.792. The maximum atomic E-state index is 9.40. The van der Waals surface area contributed by atoms with Crippen LogP contribution in [0.2, 0.25) is 0 Å². The van der Waals surface area contributed by atoms with E-state index in [2.05, 4.69) is 9.55 Å². The molecule has 0 aliphatic carbocycles. The highest BCUT2D eigenvalue weighted by Gasteiger charge is 2.19. The molecule has 0 radical (unpaired) electrons. The van der Waals surface area contributed by atoms with Crippen molar-refractivity contribution < 1.29 is 5.11 Å². The summed E-state index contributed by atoms with van der Waals surface area (Å²) in [6.07, 6.45) is 3.37. The molecule has 0 fully saturated rings. The molecule has 1 aliphatic heterocycles. The van der Waals surface area contributed by atoms with E-state index in [-0.39, 0.29) is 6.61 Å². The summed E-state index contributed by atoms with van der Waals surface area (Å²) in [5, 5.41) is 9.40. The molecule has 0 spiro atoms. The lowest BCUT2D eigenvalue weighted by Crippen LogP contribution is -2.12. The Kier molecular flexibility index (Phi) is 2.80. The monoisotopic (exact) mass is 243 g/mol. The average Bonchev–Trinajstić information content (AvgIpc) is 2.79. The molecule has 1 aromatic carbocycles. The summed E-state index contributed by atoms with van der Waals surface area (Å²) in [5.41, 5.74) is 9.54. The molecule has 2 aromatic rings. The highest BCUT2D eigenvalue weighted by molar-refractivity contribution is 5.60. The van der Waals surface area contributed by atoms with Gasteiger partial charge in [0.25, 0.3) is 0 Å². The van der Waals surface area contributed by atoms with Crippen LogP contribution in [0.5, 0.6) is 0 Å². The van der Waals surface area contributed by atoms with Gasteiger partial charge in [-0.15, -0.1) is 0 Å². The van der Waals surface area contributed by atoms with E-state index in [1.54, 1.807) is 0 Å². The van der Waals surface area contributed by atoms with Crippen LogP contribution in [0.4, 0.5) is 5.69 Å². The third-order valence-corrected chi connectivity index (χ3v) is 3.52. The van der Waals surface area contributed by atoms with Gasteiger partial charge in [0.15, 0.2) is 0 Å². The van der Waals surface area contributed by atoms with Gasteiger partial charge in [0.1, 0.15) is 5.82 Å². The number of nitrogens with two attached hydrogens (primary N) is 1. The number of nitrogens with zero attached hydrogens (tertiary/aromatic N) is 2. The van der Waals surface area contributed by atoms with Crippen molar-refractivity contribution in [3.05, 3.63) is 35.7 Å². The fourth-order valence-electron chi connectivity index (χ4n) is 2.60. The highest BCUT2D eigenvalue weighted by atomic mass is 16.3. The van der Waals surface area contributed by atoms with E-state index in [1.807, 2.05) is 24.3 Å². The van der Waals surface area contributed by atoms with Gasteiger partial charge in [-0.3, -0.25) is 0 Å². The Labute approximate surface area is 106 Å². The molecule has 0 unspecified atom stereocenters. The standard InChI is InChI=1S/C14H17N3O/c15-11-6-4-10(5-7-11)14-16-12(9-18)13-3-1-2-8-17(13)14/h4-7,18H,1-3,8-9,15H2. The summed E-state index contributed by atoms with van der Waals surface area (Å²) >= 11 is 0. The van der Waals surface area contributed by atoms with Crippen molar-refractivity contribution in [2.24, 2.45) is 0 Å². The Morgan fingerprint density at radius 1 is 1.22 bits per heavy atom. The Balaban J connectivity index is 2.11. The van der Waals surface area contributed by atoms with Crippen molar-refractivity contribution in [1.82, 2.24) is 9.55 Å². The van der Waals surface area contributed by atoms with Gasteiger partial charge in [-0.25, -0.2) is 4.98 Å². The molecule has 4 heteroatoms. The second kappa shape index (κ2) is 4.46. The van der Waals surface area contributed by atoms with E-state index in [1.165, 1.54) is 18.5 Å². The zero-order chi connectivity index (χ0) is 12.5. The van der Waals surface area contributed by atoms with Crippen LogP contribution >= 0.6 is 0 Å². The van der Waals surface area contributed by atoms with Crippen LogP contribution in [0.3, 0.4) is 0 Å². The third kappa shape index (κ3) is 1.78. The first kappa shape index (κ1) is 11.3. The number of aliphatic hydroxyl groups is 1. The number of benzene rings is 1. The molecule has 94 valence electrons. The van der Waals surface area contributed by atoms with E-state index in [4.69, 9.17) is 5.73 Å². The number of hydrogen-bond donors (Lipinski definition) is 2. The van der Waals surface area contributed by atoms with Gasteiger partial charge in [-0.2, -0.15) is 0 Å². The molecule has 2 heterocycles. The highest BCUT2D eigenvalue weighted by Crippen LogP contribution is 2.27. The van der Waals surface area contributed by atoms with E-state index >= 15 is 0 Å². The number of nitrogen functional groups attached to an aromatic ring is 1. The number of fused-ring (bicyclic) bond motifs is 1. The summed E-state index contributed by atoms with van der Waals surface area (Å²) in [4.78, 5) is 4.58. The van der Waals surface area contributed by atoms with Crippen LogP contribution in [0.1, 0.15) is 24.2 Å². The predicted octanol–water partition coefficient (Wildman–Crippen LogP) is 1.96. The Bertz CT molecular complexity index is 557. The molecule has 0 bridgehead atoms. The molecule has 4 nitrogen and oxygen atoms in total. The van der Waals surface area contributed by atoms with E-state index in [0.717, 1.165) is 35.7 Å². The Morgan fingerprint density at radius 3 is 2.72 bits per heavy atom. The maximum Gasteiger partial charge on any atom is 0.140 e. The van der Waals surface area contributed by atoms with Gasteiger partial charge < -0.3 is 15.4 Å². The number of aromatic nitrogens is 2. The first-order valence-corrected chi connectivity index (χ1v) is 6.34. The molecule has 18 heavy (non-hydrogen) atoms. The molecule has 1 aliphatic rings. The molecule has 1 aromatic heterocycles. The van der Waals surface area contributed by atoms with Crippen molar-refractivity contribution in [3.8, 4) is 11.4 Å². The van der Waals surface area contributed by atoms with Gasteiger partial charge in [-0.1, -0.05) is 0 Å². The first-order chi connectivity index (χ1) is 8.79. The SMILES string of the molecule is Nc1ccc(-c2nc(CO)c3n2CCCC3)cc1. The van der Waals surface area contributed by atoms with Crippen LogP contribution in [-0.2, 0) is 19.6 Å². The summed E-state index contributed by atoms with van der Waals surface area (Å²) in [6, 6.07) is 7.75. The molecule has 3 rings (SSSR count). The lowest BCUT2D eigenvalue weighted by molar-refractivity contribution is 0.275. The Hall–Kier alpha value is -1.81. The van der Waals surface area contributed by atoms with Crippen LogP contribution < -0.4 is 5.73 Å². The number of rotatable bonds is 2. The topological polar surface area (TPSA) is 64.1 Å². The zero-order valence-electron chi connectivity index (χ0n) is 10.3. The molecular weight excluding hydrogens is 226 g/mol. The van der Waals surface area contributed by atoms with Crippen molar-refractivity contribution in [2.45, 2.75) is 32.4 Å². The van der Waals surface area contributed by atoms with Crippen molar-refractivity contribution in [1.29, 1.82) is 0 Å². The number of imidazole rings is 1. The molecule has 0 saturated carbocycles. The van der Waals surface area contributed by atoms with Crippen molar-refractivity contribution in [3.63, 3.8) is 0 Å². The Morgan fingerprint density at radius 2 is 2.00 bits per heavy atom. The largest absolute Gasteiger partial charge is 0.399 e. The minimum absolute atomic E-state index is 0.0182. The first-order valence-electron chi connectivity index (χ1n) is 6.34. The summed E-state index contributed by atoms with van der Waals surface area (Å²) < 4.78 is 2.24. The minimum atomic E-state index is 0.0182. The molecule has 0 amide bonds. The van der Waals surface area contributed by atoms with E-state index in [9.17, 15) is 5.11 Å². The number of aliphatic hydroxyl groups excluding tert-OH is 1. The van der Waals surface area contributed by atoms with Crippen molar-refractivity contribution in [2.75, 3.05) is 5.73 Å². The van der Waals surface area contributed by atoms with Crippen LogP contribution in [0.15, 0.2) is 24.3 Å². The van der Waals surface area contributed by atoms with E-state index in [0.29, 0.717) is 0 Å².